The second kappa shape index (κ2) is 7.34. The maximum absolute atomic E-state index is 6.45. The number of ether oxygens (including phenoxy) is 2. The first-order valence-corrected chi connectivity index (χ1v) is 7.85. The molecule has 1 aromatic rings. The molecule has 0 aromatic heterocycles. The molecule has 2 unspecified atom stereocenters. The zero-order chi connectivity index (χ0) is 15.4. The van der Waals surface area contributed by atoms with Crippen LogP contribution in [-0.4, -0.2) is 38.3 Å². The average Bonchev–Trinajstić information content (AvgIpc) is 2.50. The van der Waals surface area contributed by atoms with Gasteiger partial charge in [0.15, 0.2) is 11.5 Å². The van der Waals surface area contributed by atoms with Crippen LogP contribution in [0.3, 0.4) is 0 Å². The van der Waals surface area contributed by atoms with E-state index in [1.165, 1.54) is 0 Å². The zero-order valence-corrected chi connectivity index (χ0v) is 13.8. The van der Waals surface area contributed by atoms with E-state index in [-0.39, 0.29) is 0 Å². The van der Waals surface area contributed by atoms with E-state index in [1.54, 1.807) is 14.2 Å². The van der Waals surface area contributed by atoms with Crippen molar-refractivity contribution >= 4 is 11.6 Å². The van der Waals surface area contributed by atoms with E-state index in [0.29, 0.717) is 28.5 Å². The van der Waals surface area contributed by atoms with Crippen molar-refractivity contribution in [2.75, 3.05) is 27.3 Å². The number of likely N-dealkylation sites (tertiary alicyclic amines) is 1. The molecule has 0 spiro atoms. The molecule has 118 valence electrons. The van der Waals surface area contributed by atoms with E-state index in [4.69, 9.17) is 26.8 Å². The Hall–Kier alpha value is -0.970. The largest absolute Gasteiger partial charge is 0.493 e. The second-order valence-electron chi connectivity index (χ2n) is 5.63. The molecule has 1 saturated heterocycles. The van der Waals surface area contributed by atoms with Crippen molar-refractivity contribution in [2.45, 2.75) is 32.4 Å². The standard InChI is InChI=1S/C16H25ClN2O2/c1-4-11-9-19(8-7-13(11)18)10-12-5-6-14(20-2)16(21-3)15(12)17/h5-6,11,13H,4,7-10,18H2,1-3H3. The Balaban J connectivity index is 2.13. The van der Waals surface area contributed by atoms with Crippen LogP contribution in [0.15, 0.2) is 12.1 Å². The first-order valence-electron chi connectivity index (χ1n) is 7.48. The van der Waals surface area contributed by atoms with Crippen molar-refractivity contribution in [1.29, 1.82) is 0 Å². The van der Waals surface area contributed by atoms with Gasteiger partial charge in [-0.15, -0.1) is 0 Å². The number of halogens is 1. The highest BCUT2D eigenvalue weighted by Gasteiger charge is 2.26. The van der Waals surface area contributed by atoms with Crippen LogP contribution in [0, 0.1) is 5.92 Å². The maximum Gasteiger partial charge on any atom is 0.179 e. The first kappa shape index (κ1) is 16.4. The Bertz CT molecular complexity index is 482. The number of rotatable bonds is 5. The predicted octanol–water partition coefficient (Wildman–Crippen LogP) is 2.92. The summed E-state index contributed by atoms with van der Waals surface area (Å²) in [6.07, 6.45) is 2.17. The molecular formula is C16H25ClN2O2. The van der Waals surface area contributed by atoms with Crippen molar-refractivity contribution in [3.05, 3.63) is 22.7 Å². The van der Waals surface area contributed by atoms with Crippen molar-refractivity contribution in [3.63, 3.8) is 0 Å². The Kier molecular flexibility index (Phi) is 5.73. The number of hydrogen-bond donors (Lipinski definition) is 1. The van der Waals surface area contributed by atoms with Crippen LogP contribution in [0.1, 0.15) is 25.3 Å². The van der Waals surface area contributed by atoms with Crippen LogP contribution in [0.2, 0.25) is 5.02 Å². The summed E-state index contributed by atoms with van der Waals surface area (Å²) in [5, 5.41) is 0.639. The van der Waals surface area contributed by atoms with Crippen LogP contribution in [0.25, 0.3) is 0 Å². The average molecular weight is 313 g/mol. The maximum atomic E-state index is 6.45. The van der Waals surface area contributed by atoms with Gasteiger partial charge in [0.1, 0.15) is 0 Å². The molecule has 1 aliphatic heterocycles. The highest BCUT2D eigenvalue weighted by molar-refractivity contribution is 6.33. The molecular weight excluding hydrogens is 288 g/mol. The number of nitrogens with zero attached hydrogens (tertiary/aromatic N) is 1. The van der Waals surface area contributed by atoms with Crippen LogP contribution in [0.4, 0.5) is 0 Å². The Labute approximate surface area is 132 Å². The Morgan fingerprint density at radius 2 is 2.10 bits per heavy atom. The molecule has 21 heavy (non-hydrogen) atoms. The number of benzene rings is 1. The van der Waals surface area contributed by atoms with Crippen molar-refractivity contribution in [3.8, 4) is 11.5 Å². The summed E-state index contributed by atoms with van der Waals surface area (Å²) in [7, 11) is 3.23. The summed E-state index contributed by atoms with van der Waals surface area (Å²) < 4.78 is 10.6. The van der Waals surface area contributed by atoms with Crippen molar-refractivity contribution in [2.24, 2.45) is 11.7 Å². The molecule has 0 bridgehead atoms. The molecule has 0 saturated carbocycles. The third kappa shape index (κ3) is 3.62. The van der Waals surface area contributed by atoms with E-state index >= 15 is 0 Å². The van der Waals surface area contributed by atoms with Crippen LogP contribution in [-0.2, 0) is 6.54 Å². The topological polar surface area (TPSA) is 47.7 Å². The molecule has 2 rings (SSSR count). The van der Waals surface area contributed by atoms with Gasteiger partial charge in [-0.25, -0.2) is 0 Å². The number of methoxy groups -OCH3 is 2. The second-order valence-corrected chi connectivity index (χ2v) is 6.01. The summed E-state index contributed by atoms with van der Waals surface area (Å²) in [6.45, 7) is 5.07. The van der Waals surface area contributed by atoms with E-state index < -0.39 is 0 Å². The summed E-state index contributed by atoms with van der Waals surface area (Å²) in [5.41, 5.74) is 7.24. The van der Waals surface area contributed by atoms with E-state index in [0.717, 1.165) is 38.0 Å². The molecule has 0 aliphatic carbocycles. The summed E-state index contributed by atoms with van der Waals surface area (Å²) >= 11 is 6.45. The summed E-state index contributed by atoms with van der Waals surface area (Å²) in [4.78, 5) is 2.42. The fourth-order valence-corrected chi connectivity index (χ4v) is 3.29. The number of nitrogens with two attached hydrogens (primary N) is 1. The highest BCUT2D eigenvalue weighted by Crippen LogP contribution is 2.38. The molecule has 2 N–H and O–H groups in total. The van der Waals surface area contributed by atoms with Crippen molar-refractivity contribution < 1.29 is 9.47 Å². The Morgan fingerprint density at radius 1 is 1.33 bits per heavy atom. The lowest BCUT2D eigenvalue weighted by Gasteiger charge is -2.36. The SMILES string of the molecule is CCC1CN(Cc2ccc(OC)c(OC)c2Cl)CCC1N. The molecule has 1 fully saturated rings. The van der Waals surface area contributed by atoms with Gasteiger partial charge in [0, 0.05) is 19.1 Å². The first-order chi connectivity index (χ1) is 10.1. The van der Waals surface area contributed by atoms with E-state index in [2.05, 4.69) is 11.8 Å². The van der Waals surface area contributed by atoms with Gasteiger partial charge in [0.2, 0.25) is 0 Å². The van der Waals surface area contributed by atoms with Gasteiger partial charge in [-0.05, 0) is 30.5 Å². The molecule has 1 heterocycles. The molecule has 5 heteroatoms. The molecule has 4 nitrogen and oxygen atoms in total. The van der Waals surface area contributed by atoms with Crippen molar-refractivity contribution in [1.82, 2.24) is 4.90 Å². The van der Waals surface area contributed by atoms with Gasteiger partial charge in [0.05, 0.1) is 19.2 Å². The van der Waals surface area contributed by atoms with E-state index in [9.17, 15) is 0 Å². The molecule has 1 aromatic carbocycles. The van der Waals surface area contributed by atoms with Gasteiger partial charge >= 0.3 is 0 Å². The fourth-order valence-electron chi connectivity index (χ4n) is 2.99. The molecule has 0 radical (unpaired) electrons. The Morgan fingerprint density at radius 3 is 2.71 bits per heavy atom. The molecule has 1 aliphatic rings. The monoisotopic (exact) mass is 312 g/mol. The fraction of sp³-hybridized carbons (Fsp3) is 0.625. The van der Waals surface area contributed by atoms with Gasteiger partial charge in [-0.2, -0.15) is 0 Å². The lowest BCUT2D eigenvalue weighted by molar-refractivity contribution is 0.145. The normalized spacial score (nSPS) is 23.1. The minimum atomic E-state index is 0.326. The number of hydrogen-bond acceptors (Lipinski definition) is 4. The predicted molar refractivity (Wildman–Crippen MR) is 86.2 cm³/mol. The minimum absolute atomic E-state index is 0.326. The third-order valence-corrected chi connectivity index (χ3v) is 4.77. The van der Waals surface area contributed by atoms with Gasteiger partial charge < -0.3 is 15.2 Å². The molecule has 0 amide bonds. The molecule has 2 atom stereocenters. The van der Waals surface area contributed by atoms with Gasteiger partial charge in [0.25, 0.3) is 0 Å². The van der Waals surface area contributed by atoms with Crippen LogP contribution in [0.5, 0.6) is 11.5 Å². The number of piperidine rings is 1. The lowest BCUT2D eigenvalue weighted by atomic mass is 9.90. The third-order valence-electron chi connectivity index (χ3n) is 4.36. The van der Waals surface area contributed by atoms with Crippen LogP contribution < -0.4 is 15.2 Å². The lowest BCUT2D eigenvalue weighted by Crippen LogP contribution is -2.46. The smallest absolute Gasteiger partial charge is 0.179 e. The van der Waals surface area contributed by atoms with Gasteiger partial charge in [-0.1, -0.05) is 31.0 Å². The highest BCUT2D eigenvalue weighted by atomic mass is 35.5. The zero-order valence-electron chi connectivity index (χ0n) is 13.1. The van der Waals surface area contributed by atoms with E-state index in [1.807, 2.05) is 12.1 Å². The quantitative estimate of drug-likeness (QED) is 0.908. The minimum Gasteiger partial charge on any atom is -0.493 e. The van der Waals surface area contributed by atoms with Gasteiger partial charge in [-0.3, -0.25) is 4.90 Å². The summed E-state index contributed by atoms with van der Waals surface area (Å²) in [6, 6.07) is 4.25. The van der Waals surface area contributed by atoms with Crippen LogP contribution >= 0.6 is 11.6 Å². The summed E-state index contributed by atoms with van der Waals surface area (Å²) in [5.74, 6) is 1.84.